The number of ketones is 1. The molecule has 14 heteroatoms. The second-order valence-corrected chi connectivity index (χ2v) is 16.9. The van der Waals surface area contributed by atoms with E-state index in [2.05, 4.69) is 0 Å². The minimum atomic E-state index is -1.97. The Morgan fingerprint density at radius 1 is 0.868 bits per heavy atom. The van der Waals surface area contributed by atoms with Crippen molar-refractivity contribution in [1.29, 1.82) is 0 Å². The highest BCUT2D eigenvalue weighted by Crippen LogP contribution is 2.42. The van der Waals surface area contributed by atoms with Gasteiger partial charge in [0, 0.05) is 43.9 Å². The SMILES string of the molecule is CCO[C@]1(C)C[C@@H](C)C(=O)[C@H](C)[C@@H](O)[C@](C)(O)[C@@H](CC)OC(=O)[C@H](C)[C@@H](O[C@H]2C[C@@](C)(OC)[C@@H](O)[C@H](C)O2)[C@H](C)[C@H]1O[C@@H]1O[C@H](C)C[C@H](N(C)C)[C@H]1O. The molecule has 14 nitrogen and oxygen atoms in total. The summed E-state index contributed by atoms with van der Waals surface area (Å²) in [4.78, 5) is 30.2. The predicted octanol–water partition coefficient (Wildman–Crippen LogP) is 2.83. The van der Waals surface area contributed by atoms with Crippen molar-refractivity contribution in [3.63, 3.8) is 0 Å². The molecule has 3 saturated heterocycles. The van der Waals surface area contributed by atoms with Crippen LogP contribution in [0.2, 0.25) is 0 Å². The number of methoxy groups -OCH3 is 1. The Morgan fingerprint density at radius 2 is 1.49 bits per heavy atom. The molecular formula is C39H71NO13. The number of aliphatic hydroxyl groups is 4. The molecule has 3 heterocycles. The fourth-order valence-corrected chi connectivity index (χ4v) is 8.86. The van der Waals surface area contributed by atoms with Gasteiger partial charge in [0.25, 0.3) is 0 Å². The van der Waals surface area contributed by atoms with Gasteiger partial charge in [0.2, 0.25) is 0 Å². The summed E-state index contributed by atoms with van der Waals surface area (Å²) in [5, 5.41) is 45.7. The second kappa shape index (κ2) is 18.3. The molecule has 53 heavy (non-hydrogen) atoms. The quantitative estimate of drug-likeness (QED) is 0.252. The van der Waals surface area contributed by atoms with Crippen molar-refractivity contribution in [2.45, 2.75) is 186 Å². The van der Waals surface area contributed by atoms with Gasteiger partial charge < -0.3 is 58.5 Å². The van der Waals surface area contributed by atoms with E-state index in [1.807, 2.05) is 46.7 Å². The van der Waals surface area contributed by atoms with Crippen LogP contribution in [0.4, 0.5) is 0 Å². The Bertz CT molecular complexity index is 1200. The molecule has 3 aliphatic rings. The average Bonchev–Trinajstić information content (AvgIpc) is 3.09. The molecule has 0 spiro atoms. The lowest BCUT2D eigenvalue weighted by molar-refractivity contribution is -0.320. The van der Waals surface area contributed by atoms with Crippen molar-refractivity contribution in [2.75, 3.05) is 27.8 Å². The molecule has 3 fully saturated rings. The summed E-state index contributed by atoms with van der Waals surface area (Å²) < 4.78 is 44.3. The number of carbonyl (C=O) groups excluding carboxylic acids is 2. The third-order valence-electron chi connectivity index (χ3n) is 12.3. The lowest BCUT2D eigenvalue weighted by Crippen LogP contribution is -2.61. The predicted molar refractivity (Wildman–Crippen MR) is 196 cm³/mol. The highest BCUT2D eigenvalue weighted by molar-refractivity contribution is 5.83. The van der Waals surface area contributed by atoms with E-state index in [1.165, 1.54) is 14.0 Å². The van der Waals surface area contributed by atoms with Crippen LogP contribution in [0, 0.1) is 23.7 Å². The minimum absolute atomic E-state index is 0.122. The monoisotopic (exact) mass is 761 g/mol. The summed E-state index contributed by atoms with van der Waals surface area (Å²) >= 11 is 0. The smallest absolute Gasteiger partial charge is 0.311 e. The second-order valence-electron chi connectivity index (χ2n) is 16.9. The molecule has 0 unspecified atom stereocenters. The molecule has 0 aromatic carbocycles. The maximum absolute atomic E-state index is 14.2. The fourth-order valence-electron chi connectivity index (χ4n) is 8.86. The maximum Gasteiger partial charge on any atom is 0.311 e. The van der Waals surface area contributed by atoms with E-state index >= 15 is 0 Å². The van der Waals surface area contributed by atoms with Crippen molar-refractivity contribution in [3.05, 3.63) is 0 Å². The number of rotatable bonds is 9. The molecule has 0 aromatic heterocycles. The van der Waals surface area contributed by atoms with Crippen LogP contribution in [0.1, 0.15) is 102 Å². The molecule has 0 aliphatic carbocycles. The van der Waals surface area contributed by atoms with Gasteiger partial charge in [0.1, 0.15) is 29.7 Å². The topological polar surface area (TPSA) is 183 Å². The molecule has 310 valence electrons. The first-order valence-electron chi connectivity index (χ1n) is 19.5. The van der Waals surface area contributed by atoms with E-state index in [0.29, 0.717) is 6.42 Å². The summed E-state index contributed by atoms with van der Waals surface area (Å²) in [6.45, 7) is 19.2. The highest BCUT2D eigenvalue weighted by Gasteiger charge is 2.54. The molecule has 0 bridgehead atoms. The molecular weight excluding hydrogens is 690 g/mol. The van der Waals surface area contributed by atoms with Gasteiger partial charge in [0.15, 0.2) is 12.6 Å². The lowest BCUT2D eigenvalue weighted by Gasteiger charge is -2.50. The van der Waals surface area contributed by atoms with Gasteiger partial charge in [-0.25, -0.2) is 0 Å². The van der Waals surface area contributed by atoms with Crippen LogP contribution in [0.5, 0.6) is 0 Å². The van der Waals surface area contributed by atoms with Gasteiger partial charge in [-0.15, -0.1) is 0 Å². The number of hydrogen-bond acceptors (Lipinski definition) is 14. The Morgan fingerprint density at radius 3 is 2.04 bits per heavy atom. The molecule has 18 atom stereocenters. The van der Waals surface area contributed by atoms with Crippen LogP contribution < -0.4 is 0 Å². The third-order valence-corrected chi connectivity index (χ3v) is 12.3. The number of nitrogens with zero attached hydrogens (tertiary/aromatic N) is 1. The Balaban J connectivity index is 2.25. The minimum Gasteiger partial charge on any atom is -0.459 e. The van der Waals surface area contributed by atoms with Gasteiger partial charge in [-0.2, -0.15) is 0 Å². The van der Waals surface area contributed by atoms with Gasteiger partial charge in [-0.3, -0.25) is 9.59 Å². The van der Waals surface area contributed by atoms with Crippen LogP contribution in [-0.2, 0) is 42.7 Å². The van der Waals surface area contributed by atoms with Gasteiger partial charge in [-0.1, -0.05) is 27.7 Å². The first-order valence-corrected chi connectivity index (χ1v) is 19.5. The summed E-state index contributed by atoms with van der Waals surface area (Å²) in [7, 11) is 5.27. The molecule has 0 aromatic rings. The number of cyclic esters (lactones) is 1. The van der Waals surface area contributed by atoms with Crippen LogP contribution in [-0.4, -0.2) is 149 Å². The normalized spacial score (nSPS) is 48.3. The van der Waals surface area contributed by atoms with Crippen molar-refractivity contribution >= 4 is 11.8 Å². The van der Waals surface area contributed by atoms with Crippen molar-refractivity contribution < 1.29 is 63.2 Å². The largest absolute Gasteiger partial charge is 0.459 e. The van der Waals surface area contributed by atoms with Crippen LogP contribution in [0.25, 0.3) is 0 Å². The van der Waals surface area contributed by atoms with E-state index in [9.17, 15) is 30.0 Å². The summed E-state index contributed by atoms with van der Waals surface area (Å²) in [5.41, 5.74) is -4.24. The third kappa shape index (κ3) is 9.99. The van der Waals surface area contributed by atoms with Gasteiger partial charge in [0.05, 0.1) is 47.6 Å². The van der Waals surface area contributed by atoms with Crippen molar-refractivity contribution in [2.24, 2.45) is 23.7 Å². The number of aliphatic hydroxyl groups excluding tert-OH is 3. The number of Topliss-reactive ketones (excluding diaryl/α,β-unsaturated/α-hetero) is 1. The summed E-state index contributed by atoms with van der Waals surface area (Å²) in [6.07, 6.45) is -8.71. The maximum atomic E-state index is 14.2. The first kappa shape index (κ1) is 46.1. The van der Waals surface area contributed by atoms with E-state index < -0.39 is 102 Å². The van der Waals surface area contributed by atoms with Crippen molar-refractivity contribution in [1.82, 2.24) is 4.90 Å². The average molecular weight is 762 g/mol. The van der Waals surface area contributed by atoms with Gasteiger partial charge >= 0.3 is 5.97 Å². The van der Waals surface area contributed by atoms with Crippen LogP contribution in [0.15, 0.2) is 0 Å². The molecule has 3 rings (SSSR count). The molecule has 0 saturated carbocycles. The van der Waals surface area contributed by atoms with E-state index in [-0.39, 0.29) is 43.8 Å². The number of ether oxygens (including phenoxy) is 7. The zero-order valence-corrected chi connectivity index (χ0v) is 34.6. The molecule has 4 N–H and O–H groups in total. The Kier molecular flexibility index (Phi) is 15.9. The fraction of sp³-hybridized carbons (Fsp3) is 0.949. The Hall–Kier alpha value is -1.30. The molecule has 3 aliphatic heterocycles. The number of carbonyl (C=O) groups is 2. The molecule has 0 amide bonds. The standard InChI is InChI=1S/C39H71NO13/c1-15-27-39(11,46)32(43)22(5)29(41)20(3)18-38(10,48-16-2)34(53-36-30(42)26(40(12)13)17-21(4)49-36)23(6)31(24(7)35(45)51-27)52-28-19-37(9,47-14)33(44)25(8)50-28/h20-28,30-34,36,42-44,46H,15-19H2,1-14H3/t20-,21-,22+,23+,24-,25+,26+,27-,28+,30-,31+,32-,33+,34-,36+,37-,38-,39-/m1/s1. The van der Waals surface area contributed by atoms with Crippen LogP contribution in [0.3, 0.4) is 0 Å². The zero-order valence-electron chi connectivity index (χ0n) is 34.6. The first-order chi connectivity index (χ1) is 24.5. The lowest BCUT2D eigenvalue weighted by atomic mass is 9.73. The van der Waals surface area contributed by atoms with E-state index in [1.54, 1.807) is 41.5 Å². The van der Waals surface area contributed by atoms with E-state index in [4.69, 9.17) is 33.2 Å². The summed E-state index contributed by atoms with van der Waals surface area (Å²) in [6, 6.07) is -0.284. The Labute approximate surface area is 317 Å². The zero-order chi connectivity index (χ0) is 40.4. The van der Waals surface area contributed by atoms with Crippen LogP contribution >= 0.6 is 0 Å². The number of likely N-dealkylation sites (N-methyl/N-ethyl adjacent to an activating group) is 1. The van der Waals surface area contributed by atoms with Gasteiger partial charge in [-0.05, 0) is 81.8 Å². The summed E-state index contributed by atoms with van der Waals surface area (Å²) in [5.74, 6) is -4.46. The van der Waals surface area contributed by atoms with E-state index in [0.717, 1.165) is 0 Å². The number of esters is 1. The highest BCUT2D eigenvalue weighted by atomic mass is 16.7. The number of hydrogen-bond donors (Lipinski definition) is 4. The molecule has 0 radical (unpaired) electrons. The van der Waals surface area contributed by atoms with Crippen molar-refractivity contribution in [3.8, 4) is 0 Å².